The number of nitrogens with one attached hydrogen (secondary N) is 1. The van der Waals surface area contributed by atoms with Crippen LogP contribution in [0.4, 0.5) is 10.1 Å². The van der Waals surface area contributed by atoms with Gasteiger partial charge in [0.25, 0.3) is 0 Å². The summed E-state index contributed by atoms with van der Waals surface area (Å²) in [6.45, 7) is 6.81. The molecule has 1 fully saturated rings. The van der Waals surface area contributed by atoms with Gasteiger partial charge in [-0.05, 0) is 36.5 Å². The zero-order valence-corrected chi connectivity index (χ0v) is 16.8. The molecule has 0 unspecified atom stereocenters. The first-order valence-electron chi connectivity index (χ1n) is 8.40. The highest BCUT2D eigenvalue weighted by Crippen LogP contribution is 2.25. The van der Waals surface area contributed by atoms with Crippen LogP contribution in [0.3, 0.4) is 0 Å². The summed E-state index contributed by atoms with van der Waals surface area (Å²) in [6.07, 6.45) is 1.15. The average Bonchev–Trinajstić information content (AvgIpc) is 2.56. The van der Waals surface area contributed by atoms with Crippen LogP contribution in [-0.2, 0) is 9.59 Å². The lowest BCUT2D eigenvalue weighted by Crippen LogP contribution is -2.53. The van der Waals surface area contributed by atoms with E-state index in [0.29, 0.717) is 31.6 Å². The molecule has 0 spiro atoms. The minimum absolute atomic E-state index is 0. The molecule has 3 N–H and O–H groups in total. The van der Waals surface area contributed by atoms with E-state index < -0.39 is 11.9 Å². The van der Waals surface area contributed by atoms with E-state index in [4.69, 9.17) is 17.3 Å². The Labute approximate surface area is 164 Å². The highest BCUT2D eigenvalue weighted by molar-refractivity contribution is 6.31. The first-order valence-corrected chi connectivity index (χ1v) is 8.77. The molecule has 0 aromatic heterocycles. The molecule has 1 heterocycles. The smallest absolute Gasteiger partial charge is 0.240 e. The predicted molar refractivity (Wildman–Crippen MR) is 104 cm³/mol. The number of nitrogens with zero attached hydrogens (tertiary/aromatic N) is 1. The molecule has 0 bridgehead atoms. The van der Waals surface area contributed by atoms with Crippen molar-refractivity contribution in [1.82, 2.24) is 4.90 Å². The van der Waals surface area contributed by atoms with Gasteiger partial charge in [-0.2, -0.15) is 0 Å². The van der Waals surface area contributed by atoms with Crippen LogP contribution >= 0.6 is 24.0 Å². The number of hydrogen-bond donors (Lipinski definition) is 2. The standard InChI is InChI=1S/C18H25ClFN3O2.ClH/c1-18(2,3)15(21)17(25)23-8-6-11(7-9-23)16(24)22-12-4-5-14(20)13(19)10-12;/h4-5,10-11,15H,6-9,21H2,1-3H3,(H,22,24);1H/t15-;/m1./s1. The minimum Gasteiger partial charge on any atom is -0.341 e. The summed E-state index contributed by atoms with van der Waals surface area (Å²) in [5, 5.41) is 2.72. The molecule has 1 aliphatic rings. The summed E-state index contributed by atoms with van der Waals surface area (Å²) >= 11 is 5.72. The molecule has 26 heavy (non-hydrogen) atoms. The lowest BCUT2D eigenvalue weighted by atomic mass is 9.85. The molecule has 1 atom stereocenters. The summed E-state index contributed by atoms with van der Waals surface area (Å²) in [7, 11) is 0. The Morgan fingerprint density at radius 2 is 1.88 bits per heavy atom. The van der Waals surface area contributed by atoms with Gasteiger partial charge >= 0.3 is 0 Å². The Morgan fingerprint density at radius 1 is 1.31 bits per heavy atom. The Kier molecular flexibility index (Phi) is 7.86. The van der Waals surface area contributed by atoms with Gasteiger partial charge in [0.15, 0.2) is 0 Å². The predicted octanol–water partition coefficient (Wildman–Crippen LogP) is 3.45. The summed E-state index contributed by atoms with van der Waals surface area (Å²) in [4.78, 5) is 26.5. The average molecular weight is 406 g/mol. The summed E-state index contributed by atoms with van der Waals surface area (Å²) in [5.74, 6) is -0.938. The van der Waals surface area contributed by atoms with Crippen molar-refractivity contribution in [2.24, 2.45) is 17.1 Å². The fraction of sp³-hybridized carbons (Fsp3) is 0.556. The third kappa shape index (κ3) is 5.56. The fourth-order valence-corrected chi connectivity index (χ4v) is 2.93. The van der Waals surface area contributed by atoms with Crippen molar-refractivity contribution in [2.75, 3.05) is 18.4 Å². The van der Waals surface area contributed by atoms with Crippen LogP contribution in [-0.4, -0.2) is 35.8 Å². The molecule has 2 rings (SSSR count). The Balaban J connectivity index is 0.00000338. The van der Waals surface area contributed by atoms with Crippen molar-refractivity contribution in [3.05, 3.63) is 29.0 Å². The van der Waals surface area contributed by atoms with E-state index >= 15 is 0 Å². The van der Waals surface area contributed by atoms with E-state index in [9.17, 15) is 14.0 Å². The summed E-state index contributed by atoms with van der Waals surface area (Å²) in [5.41, 5.74) is 6.20. The van der Waals surface area contributed by atoms with Crippen LogP contribution in [0.25, 0.3) is 0 Å². The lowest BCUT2D eigenvalue weighted by molar-refractivity contribution is -0.137. The molecular formula is C18H26Cl2FN3O2. The number of piperidine rings is 1. The number of nitrogens with two attached hydrogens (primary N) is 1. The number of halogens is 3. The molecule has 1 saturated heterocycles. The van der Waals surface area contributed by atoms with Crippen molar-refractivity contribution in [3.8, 4) is 0 Å². The Hall–Kier alpha value is -1.37. The second kappa shape index (κ2) is 9.02. The number of rotatable bonds is 3. The maximum absolute atomic E-state index is 13.2. The van der Waals surface area contributed by atoms with E-state index in [0.717, 1.165) is 0 Å². The first-order chi connectivity index (χ1) is 11.6. The lowest BCUT2D eigenvalue weighted by Gasteiger charge is -2.36. The number of benzene rings is 1. The second-order valence-corrected chi connectivity index (χ2v) is 7.97. The number of carbonyl (C=O) groups is 2. The Morgan fingerprint density at radius 3 is 2.38 bits per heavy atom. The molecule has 0 aliphatic carbocycles. The van der Waals surface area contributed by atoms with E-state index in [1.807, 2.05) is 20.8 Å². The third-order valence-corrected chi connectivity index (χ3v) is 4.85. The molecule has 1 aromatic rings. The largest absolute Gasteiger partial charge is 0.341 e. The molecule has 0 radical (unpaired) electrons. The molecule has 5 nitrogen and oxygen atoms in total. The summed E-state index contributed by atoms with van der Waals surface area (Å²) < 4.78 is 13.2. The monoisotopic (exact) mass is 405 g/mol. The van der Waals surface area contributed by atoms with Gasteiger partial charge in [-0.25, -0.2) is 4.39 Å². The van der Waals surface area contributed by atoms with Crippen molar-refractivity contribution in [3.63, 3.8) is 0 Å². The number of carbonyl (C=O) groups excluding carboxylic acids is 2. The number of likely N-dealkylation sites (tertiary alicyclic amines) is 1. The zero-order valence-electron chi connectivity index (χ0n) is 15.2. The van der Waals surface area contributed by atoms with E-state index in [-0.39, 0.29) is 40.6 Å². The van der Waals surface area contributed by atoms with Gasteiger partial charge in [-0.1, -0.05) is 32.4 Å². The number of amides is 2. The van der Waals surface area contributed by atoms with Crippen molar-refractivity contribution in [1.29, 1.82) is 0 Å². The summed E-state index contributed by atoms with van der Waals surface area (Å²) in [6, 6.07) is 3.52. The van der Waals surface area contributed by atoms with Crippen LogP contribution in [0.1, 0.15) is 33.6 Å². The fourth-order valence-electron chi connectivity index (χ4n) is 2.75. The minimum atomic E-state index is -0.556. The van der Waals surface area contributed by atoms with E-state index in [1.54, 1.807) is 4.90 Å². The second-order valence-electron chi connectivity index (χ2n) is 7.56. The molecule has 1 aromatic carbocycles. The maximum atomic E-state index is 13.2. The van der Waals surface area contributed by atoms with Crippen LogP contribution in [0.5, 0.6) is 0 Å². The molecule has 2 amide bonds. The first kappa shape index (κ1) is 22.7. The Bertz CT molecular complexity index is 656. The van der Waals surface area contributed by atoms with Gasteiger partial charge in [0.05, 0.1) is 11.1 Å². The van der Waals surface area contributed by atoms with E-state index in [1.165, 1.54) is 18.2 Å². The molecule has 8 heteroatoms. The molecule has 1 aliphatic heterocycles. The number of hydrogen-bond acceptors (Lipinski definition) is 3. The van der Waals surface area contributed by atoms with Crippen molar-refractivity contribution < 1.29 is 14.0 Å². The van der Waals surface area contributed by atoms with Crippen LogP contribution in [0.2, 0.25) is 5.02 Å². The molecular weight excluding hydrogens is 380 g/mol. The normalized spacial score (nSPS) is 16.6. The molecule has 146 valence electrons. The van der Waals surface area contributed by atoms with E-state index in [2.05, 4.69) is 5.32 Å². The van der Waals surface area contributed by atoms with Gasteiger partial charge < -0.3 is 16.0 Å². The van der Waals surface area contributed by atoms with Crippen LogP contribution in [0, 0.1) is 17.2 Å². The number of anilines is 1. The highest BCUT2D eigenvalue weighted by Gasteiger charge is 2.34. The van der Waals surface area contributed by atoms with Crippen LogP contribution < -0.4 is 11.1 Å². The van der Waals surface area contributed by atoms with Gasteiger partial charge in [-0.15, -0.1) is 12.4 Å². The maximum Gasteiger partial charge on any atom is 0.240 e. The van der Waals surface area contributed by atoms with Crippen molar-refractivity contribution >= 4 is 41.5 Å². The van der Waals surface area contributed by atoms with Crippen molar-refractivity contribution in [2.45, 2.75) is 39.7 Å². The van der Waals surface area contributed by atoms with Gasteiger partial charge in [0.1, 0.15) is 5.82 Å². The third-order valence-electron chi connectivity index (χ3n) is 4.56. The SMILES string of the molecule is CC(C)(C)[C@H](N)C(=O)N1CCC(C(=O)Nc2ccc(F)c(Cl)c2)CC1.Cl. The van der Waals surface area contributed by atoms with Crippen LogP contribution in [0.15, 0.2) is 18.2 Å². The molecule has 0 saturated carbocycles. The van der Waals surface area contributed by atoms with Gasteiger partial charge in [-0.3, -0.25) is 9.59 Å². The topological polar surface area (TPSA) is 75.4 Å². The zero-order chi connectivity index (χ0) is 18.8. The van der Waals surface area contributed by atoms with Gasteiger partial charge in [0, 0.05) is 24.7 Å². The highest BCUT2D eigenvalue weighted by atomic mass is 35.5. The van der Waals surface area contributed by atoms with Gasteiger partial charge in [0.2, 0.25) is 11.8 Å². The quantitative estimate of drug-likeness (QED) is 0.808.